The summed E-state index contributed by atoms with van der Waals surface area (Å²) in [6.07, 6.45) is 1.89. The second kappa shape index (κ2) is 19.4. The van der Waals surface area contributed by atoms with E-state index in [1.165, 1.54) is 115 Å². The number of benzene rings is 14. The van der Waals surface area contributed by atoms with Crippen LogP contribution in [0.1, 0.15) is 22.6 Å². The number of anilines is 3. The Morgan fingerprint density at radius 3 is 1.08 bits per heavy atom. The zero-order chi connectivity index (χ0) is 50.4. The van der Waals surface area contributed by atoms with E-state index in [0.29, 0.717) is 5.92 Å². The molecule has 0 saturated heterocycles. The molecule has 0 aromatic heterocycles. The summed E-state index contributed by atoms with van der Waals surface area (Å²) in [5, 5.41) is 15.5. The fraction of sp³-hybridized carbons (Fsp3) is 0.0400. The normalized spacial score (nSPS) is 12.0. The van der Waals surface area contributed by atoms with Crippen LogP contribution in [0.25, 0.3) is 98.0 Å². The van der Waals surface area contributed by atoms with Gasteiger partial charge in [-0.2, -0.15) is 0 Å². The van der Waals surface area contributed by atoms with Gasteiger partial charge in [0.1, 0.15) is 0 Å². The van der Waals surface area contributed by atoms with E-state index < -0.39 is 0 Å². The molecular formula is C75H53N. The predicted octanol–water partition coefficient (Wildman–Crippen LogP) is 20.6. The van der Waals surface area contributed by atoms with E-state index in [4.69, 9.17) is 0 Å². The zero-order valence-electron chi connectivity index (χ0n) is 42.2. The monoisotopic (exact) mass is 967 g/mol. The lowest BCUT2D eigenvalue weighted by atomic mass is 9.85. The fourth-order valence-corrected chi connectivity index (χ4v) is 12.1. The minimum absolute atomic E-state index is 0.317. The van der Waals surface area contributed by atoms with Gasteiger partial charge in [0.15, 0.2) is 0 Å². The van der Waals surface area contributed by atoms with Gasteiger partial charge >= 0.3 is 0 Å². The summed E-state index contributed by atoms with van der Waals surface area (Å²) in [6.45, 7) is 0. The lowest BCUT2D eigenvalue weighted by Crippen LogP contribution is -2.09. The molecule has 14 aromatic carbocycles. The third-order valence-electron chi connectivity index (χ3n) is 15.8. The van der Waals surface area contributed by atoms with Crippen molar-refractivity contribution in [1.29, 1.82) is 0 Å². The molecule has 0 aliphatic heterocycles. The molecule has 0 radical (unpaired) electrons. The van der Waals surface area contributed by atoms with Gasteiger partial charge in [-0.05, 0) is 182 Å². The van der Waals surface area contributed by atoms with Gasteiger partial charge in [0.05, 0.1) is 0 Å². The molecule has 0 saturated carbocycles. The zero-order valence-corrected chi connectivity index (χ0v) is 42.2. The molecule has 0 N–H and O–H groups in total. The quantitative estimate of drug-likeness (QED) is 0.117. The van der Waals surface area contributed by atoms with Crippen molar-refractivity contribution >= 4 is 81.7 Å². The Morgan fingerprint density at radius 1 is 0.211 bits per heavy atom. The Hall–Kier alpha value is -9.56. The van der Waals surface area contributed by atoms with Gasteiger partial charge in [-0.1, -0.05) is 243 Å². The molecule has 0 bridgehead atoms. The van der Waals surface area contributed by atoms with Crippen LogP contribution < -0.4 is 4.90 Å². The largest absolute Gasteiger partial charge is 0.310 e. The van der Waals surface area contributed by atoms with Crippen molar-refractivity contribution in [3.63, 3.8) is 0 Å². The maximum atomic E-state index is 2.41. The van der Waals surface area contributed by atoms with E-state index in [2.05, 4.69) is 296 Å². The van der Waals surface area contributed by atoms with Crippen LogP contribution in [0, 0.1) is 0 Å². The predicted molar refractivity (Wildman–Crippen MR) is 326 cm³/mol. The lowest BCUT2D eigenvalue weighted by Gasteiger charge is -2.26. The highest BCUT2D eigenvalue weighted by Crippen LogP contribution is 2.42. The second-order valence-corrected chi connectivity index (χ2v) is 20.4. The number of rotatable bonds is 11. The number of para-hydroxylation sites is 1. The van der Waals surface area contributed by atoms with Crippen molar-refractivity contribution in [1.82, 2.24) is 0 Å². The third kappa shape index (κ3) is 8.33. The van der Waals surface area contributed by atoms with Crippen LogP contribution >= 0.6 is 0 Å². The molecule has 0 heterocycles. The van der Waals surface area contributed by atoms with Crippen LogP contribution in [-0.2, 0) is 12.8 Å². The van der Waals surface area contributed by atoms with Gasteiger partial charge in [-0.25, -0.2) is 0 Å². The highest BCUT2D eigenvalue weighted by atomic mass is 15.1. The molecule has 0 aliphatic rings. The van der Waals surface area contributed by atoms with Crippen LogP contribution in [-0.4, -0.2) is 0 Å². The summed E-state index contributed by atoms with van der Waals surface area (Å²) in [7, 11) is 0. The Balaban J connectivity index is 0.732. The molecule has 1 nitrogen and oxygen atoms in total. The summed E-state index contributed by atoms with van der Waals surface area (Å²) in [5.41, 5.74) is 14.7. The highest BCUT2D eigenvalue weighted by molar-refractivity contribution is 6.27. The Morgan fingerprint density at radius 2 is 0.566 bits per heavy atom. The smallest absolute Gasteiger partial charge is 0.0467 e. The van der Waals surface area contributed by atoms with Crippen LogP contribution in [0.3, 0.4) is 0 Å². The Bertz CT molecular complexity index is 4370. The van der Waals surface area contributed by atoms with E-state index >= 15 is 0 Å². The number of hydrogen-bond acceptors (Lipinski definition) is 1. The van der Waals surface area contributed by atoms with Gasteiger partial charge < -0.3 is 4.90 Å². The summed E-state index contributed by atoms with van der Waals surface area (Å²) in [4.78, 5) is 2.37. The SMILES string of the molecule is c1ccc(C(Cc2ccc(-c3ccc(N(c4ccccc4)c4cccc(-c5ccc6c7ccccc7c7ccccc7c6c5)c4)cc3)cc2)Cc2cccc(-c3ccc4c5ccccc5c5ccccc5c4c3)c2)cc1. The molecule has 76 heavy (non-hydrogen) atoms. The molecular weight excluding hydrogens is 915 g/mol. The molecule has 1 unspecified atom stereocenters. The van der Waals surface area contributed by atoms with Crippen LogP contribution in [0.2, 0.25) is 0 Å². The molecule has 14 aromatic rings. The Labute approximate surface area is 444 Å². The fourth-order valence-electron chi connectivity index (χ4n) is 12.1. The lowest BCUT2D eigenvalue weighted by molar-refractivity contribution is 0.680. The summed E-state index contributed by atoms with van der Waals surface area (Å²) >= 11 is 0. The number of nitrogens with zero attached hydrogens (tertiary/aromatic N) is 1. The molecule has 1 atom stereocenters. The maximum Gasteiger partial charge on any atom is 0.0467 e. The standard InChI is InChI=1S/C75H53N/c1-3-18-53(19-4-1)60(47-52-17-15-20-56(46-52)58-39-43-72-68-29-9-7-25-64(68)66-27-11-13-31-70(66)74(72)49-58)45-51-33-35-54(36-34-51)55-37-41-62(42-38-55)76(61-22-5-2-6-23-61)63-24-16-21-57(48-63)59-40-44-73-69-30-10-8-26-65(69)67-28-12-14-32-71(67)75(73)50-59/h1-44,46,48-50,60H,45,47H2. The minimum Gasteiger partial charge on any atom is -0.310 e. The minimum atomic E-state index is 0.317. The third-order valence-corrected chi connectivity index (χ3v) is 15.8. The Kier molecular flexibility index (Phi) is 11.5. The van der Waals surface area contributed by atoms with Gasteiger partial charge in [-0.15, -0.1) is 0 Å². The first-order chi connectivity index (χ1) is 37.7. The van der Waals surface area contributed by atoms with Crippen LogP contribution in [0.5, 0.6) is 0 Å². The van der Waals surface area contributed by atoms with E-state index in [1.54, 1.807) is 0 Å². The van der Waals surface area contributed by atoms with E-state index in [1.807, 2.05) is 0 Å². The summed E-state index contributed by atoms with van der Waals surface area (Å²) in [6, 6.07) is 108. The average Bonchev–Trinajstić information content (AvgIpc) is 3.50. The number of hydrogen-bond donors (Lipinski definition) is 0. The highest BCUT2D eigenvalue weighted by Gasteiger charge is 2.18. The van der Waals surface area contributed by atoms with Crippen molar-refractivity contribution in [2.75, 3.05) is 4.90 Å². The molecule has 0 spiro atoms. The molecule has 358 valence electrons. The van der Waals surface area contributed by atoms with Gasteiger partial charge in [0, 0.05) is 17.1 Å². The molecule has 0 aliphatic carbocycles. The van der Waals surface area contributed by atoms with E-state index in [-0.39, 0.29) is 0 Å². The van der Waals surface area contributed by atoms with Gasteiger partial charge in [0.2, 0.25) is 0 Å². The first kappa shape index (κ1) is 45.1. The second-order valence-electron chi connectivity index (χ2n) is 20.4. The van der Waals surface area contributed by atoms with E-state index in [0.717, 1.165) is 29.9 Å². The molecule has 0 fully saturated rings. The molecule has 14 rings (SSSR count). The van der Waals surface area contributed by atoms with Crippen LogP contribution in [0.4, 0.5) is 17.1 Å². The van der Waals surface area contributed by atoms with Crippen molar-refractivity contribution in [3.8, 4) is 33.4 Å². The summed E-state index contributed by atoms with van der Waals surface area (Å²) < 4.78 is 0. The first-order valence-corrected chi connectivity index (χ1v) is 26.6. The number of fused-ring (bicyclic) bond motifs is 12. The van der Waals surface area contributed by atoms with Crippen LogP contribution in [0.15, 0.2) is 291 Å². The summed E-state index contributed by atoms with van der Waals surface area (Å²) in [5.74, 6) is 0.317. The van der Waals surface area contributed by atoms with Gasteiger partial charge in [0.25, 0.3) is 0 Å². The molecule has 0 amide bonds. The van der Waals surface area contributed by atoms with Gasteiger partial charge in [-0.3, -0.25) is 0 Å². The van der Waals surface area contributed by atoms with Crippen molar-refractivity contribution < 1.29 is 0 Å². The topological polar surface area (TPSA) is 3.24 Å². The maximum absolute atomic E-state index is 2.41. The van der Waals surface area contributed by atoms with Crippen molar-refractivity contribution in [2.45, 2.75) is 18.8 Å². The van der Waals surface area contributed by atoms with Crippen molar-refractivity contribution in [3.05, 3.63) is 308 Å². The van der Waals surface area contributed by atoms with E-state index in [9.17, 15) is 0 Å². The van der Waals surface area contributed by atoms with Crippen molar-refractivity contribution in [2.24, 2.45) is 0 Å². The average molecular weight is 968 g/mol. The molecule has 1 heteroatoms. The first-order valence-electron chi connectivity index (χ1n) is 26.6.